The second-order valence-corrected chi connectivity index (χ2v) is 8.00. The fourth-order valence-electron chi connectivity index (χ4n) is 3.84. The van der Waals surface area contributed by atoms with Crippen LogP contribution >= 0.6 is 11.6 Å². The summed E-state index contributed by atoms with van der Waals surface area (Å²) in [5, 5.41) is 25.7. The van der Waals surface area contributed by atoms with Gasteiger partial charge < -0.3 is 5.32 Å². The maximum absolute atomic E-state index is 12.9. The van der Waals surface area contributed by atoms with Crippen molar-refractivity contribution in [1.29, 1.82) is 5.26 Å². The van der Waals surface area contributed by atoms with Crippen molar-refractivity contribution < 1.29 is 9.59 Å². The molecule has 32 heavy (non-hydrogen) atoms. The van der Waals surface area contributed by atoms with Crippen molar-refractivity contribution >= 4 is 34.9 Å². The number of nitrogens with zero attached hydrogens (tertiary/aromatic N) is 8. The van der Waals surface area contributed by atoms with E-state index < -0.39 is 17.9 Å². The molecule has 4 rings (SSSR count). The van der Waals surface area contributed by atoms with Gasteiger partial charge in [0, 0.05) is 26.7 Å². The van der Waals surface area contributed by atoms with E-state index in [1.54, 1.807) is 24.9 Å². The Labute approximate surface area is 189 Å². The lowest BCUT2D eigenvalue weighted by molar-refractivity contribution is -0.122. The highest BCUT2D eigenvalue weighted by Crippen LogP contribution is 2.33. The van der Waals surface area contributed by atoms with E-state index in [2.05, 4.69) is 20.6 Å². The molecule has 1 aliphatic heterocycles. The minimum atomic E-state index is -0.953. The molecule has 3 aromatic rings. The van der Waals surface area contributed by atoms with E-state index in [1.807, 2.05) is 10.8 Å². The highest BCUT2D eigenvalue weighted by atomic mass is 35.5. The number of hydrogen-bond acceptors (Lipinski definition) is 6. The fraction of sp³-hybridized carbons (Fsp3) is 0.400. The number of aryl methyl sites for hydroxylation is 2. The Hall–Kier alpha value is -3.65. The van der Waals surface area contributed by atoms with E-state index in [4.69, 9.17) is 11.6 Å². The van der Waals surface area contributed by atoms with Crippen LogP contribution in [0.4, 0.5) is 11.5 Å². The van der Waals surface area contributed by atoms with Crippen LogP contribution in [-0.4, -0.2) is 47.2 Å². The number of carbonyl (C=O) groups is 2. The monoisotopic (exact) mass is 455 g/mol. The first-order chi connectivity index (χ1) is 15.3. The van der Waals surface area contributed by atoms with Crippen LogP contribution in [0.1, 0.15) is 37.9 Å². The average molecular weight is 456 g/mol. The maximum atomic E-state index is 12.9. The quantitative estimate of drug-likeness (QED) is 0.627. The molecular weight excluding hydrogens is 434 g/mol. The standard InChI is InChI=1S/C20H22ClN9O2/c1-12(19(32)25-15-10-23-27(3)11-15)29(13(2)31)20-14(8-22)9-24-30(20)18-17(21)16-6-4-5-7-28(16)26-18/h9-12H,4-7H2,1-3H3,(H,25,32). The summed E-state index contributed by atoms with van der Waals surface area (Å²) in [7, 11) is 1.73. The van der Waals surface area contributed by atoms with Crippen molar-refractivity contribution in [3.63, 3.8) is 0 Å². The molecule has 1 aliphatic rings. The Morgan fingerprint density at radius 3 is 2.72 bits per heavy atom. The summed E-state index contributed by atoms with van der Waals surface area (Å²) in [5.41, 5.74) is 1.51. The highest BCUT2D eigenvalue weighted by molar-refractivity contribution is 6.33. The minimum Gasteiger partial charge on any atom is -0.322 e. The van der Waals surface area contributed by atoms with Crippen LogP contribution in [0.15, 0.2) is 18.6 Å². The predicted octanol–water partition coefficient (Wildman–Crippen LogP) is 2.04. The van der Waals surface area contributed by atoms with Gasteiger partial charge in [0.15, 0.2) is 11.6 Å². The number of halogens is 1. The molecule has 12 heteroatoms. The predicted molar refractivity (Wildman–Crippen MR) is 116 cm³/mol. The molecule has 0 aromatic carbocycles. The molecule has 0 aliphatic carbocycles. The Morgan fingerprint density at radius 1 is 1.31 bits per heavy atom. The van der Waals surface area contributed by atoms with Gasteiger partial charge in [-0.15, -0.1) is 0 Å². The summed E-state index contributed by atoms with van der Waals surface area (Å²) in [5.74, 6) is -0.408. The van der Waals surface area contributed by atoms with Crippen LogP contribution in [-0.2, 0) is 29.6 Å². The molecule has 1 atom stereocenters. The Kier molecular flexibility index (Phi) is 5.71. The van der Waals surface area contributed by atoms with E-state index in [1.165, 1.54) is 28.9 Å². The summed E-state index contributed by atoms with van der Waals surface area (Å²) >= 11 is 6.62. The van der Waals surface area contributed by atoms with Gasteiger partial charge in [0.1, 0.15) is 22.7 Å². The first kappa shape index (κ1) is 21.6. The Bertz CT molecular complexity index is 1230. The molecule has 4 heterocycles. The molecule has 166 valence electrons. The van der Waals surface area contributed by atoms with Gasteiger partial charge in [-0.2, -0.15) is 25.2 Å². The zero-order valence-electron chi connectivity index (χ0n) is 17.9. The van der Waals surface area contributed by atoms with Gasteiger partial charge in [0.25, 0.3) is 0 Å². The second kappa shape index (κ2) is 8.47. The summed E-state index contributed by atoms with van der Waals surface area (Å²) in [6.45, 7) is 3.63. The SMILES string of the molecule is CC(=O)N(c1c(C#N)cnn1-c1nn2c(c1Cl)CCCC2)C(C)C(=O)Nc1cnn(C)c1. The van der Waals surface area contributed by atoms with E-state index in [-0.39, 0.29) is 11.4 Å². The van der Waals surface area contributed by atoms with Crippen molar-refractivity contribution in [2.24, 2.45) is 7.05 Å². The van der Waals surface area contributed by atoms with Gasteiger partial charge >= 0.3 is 0 Å². The lowest BCUT2D eigenvalue weighted by atomic mass is 10.1. The van der Waals surface area contributed by atoms with Gasteiger partial charge in [0.05, 0.1) is 23.8 Å². The number of nitriles is 1. The van der Waals surface area contributed by atoms with Gasteiger partial charge in [-0.3, -0.25) is 23.9 Å². The number of carbonyl (C=O) groups excluding carboxylic acids is 2. The zero-order chi connectivity index (χ0) is 23.0. The molecule has 2 amide bonds. The summed E-state index contributed by atoms with van der Waals surface area (Å²) in [6.07, 6.45) is 7.27. The van der Waals surface area contributed by atoms with E-state index in [0.29, 0.717) is 16.5 Å². The molecule has 1 N–H and O–H groups in total. The number of fused-ring (bicyclic) bond motifs is 1. The van der Waals surface area contributed by atoms with Crippen molar-refractivity contribution in [2.45, 2.75) is 45.7 Å². The Morgan fingerprint density at radius 2 is 2.09 bits per heavy atom. The van der Waals surface area contributed by atoms with Gasteiger partial charge in [-0.25, -0.2) is 0 Å². The minimum absolute atomic E-state index is 0.128. The number of aromatic nitrogens is 6. The zero-order valence-corrected chi connectivity index (χ0v) is 18.7. The highest BCUT2D eigenvalue weighted by Gasteiger charge is 2.33. The lowest BCUT2D eigenvalue weighted by Gasteiger charge is -2.27. The van der Waals surface area contributed by atoms with Gasteiger partial charge in [-0.1, -0.05) is 11.6 Å². The van der Waals surface area contributed by atoms with Crippen LogP contribution in [0, 0.1) is 11.3 Å². The third-order valence-electron chi connectivity index (χ3n) is 5.38. The molecule has 3 aromatic heterocycles. The molecule has 0 radical (unpaired) electrons. The first-order valence-electron chi connectivity index (χ1n) is 10.1. The molecule has 0 saturated carbocycles. The first-order valence-corrected chi connectivity index (χ1v) is 10.5. The van der Waals surface area contributed by atoms with Crippen LogP contribution in [0.5, 0.6) is 0 Å². The number of hydrogen-bond donors (Lipinski definition) is 1. The molecule has 0 spiro atoms. The van der Waals surface area contributed by atoms with Crippen LogP contribution in [0.25, 0.3) is 5.82 Å². The second-order valence-electron chi connectivity index (χ2n) is 7.63. The number of nitrogens with one attached hydrogen (secondary N) is 1. The van der Waals surface area contributed by atoms with Crippen LogP contribution in [0.2, 0.25) is 5.02 Å². The van der Waals surface area contributed by atoms with Gasteiger partial charge in [-0.05, 0) is 26.2 Å². The Balaban J connectivity index is 1.76. The number of anilines is 2. The third kappa shape index (κ3) is 3.73. The van der Waals surface area contributed by atoms with E-state index in [9.17, 15) is 14.9 Å². The molecular formula is C20H22ClN9O2. The van der Waals surface area contributed by atoms with Crippen LogP contribution < -0.4 is 10.2 Å². The smallest absolute Gasteiger partial charge is 0.247 e. The summed E-state index contributed by atoms with van der Waals surface area (Å²) in [4.78, 5) is 26.9. The fourth-order valence-corrected chi connectivity index (χ4v) is 4.15. The summed E-state index contributed by atoms with van der Waals surface area (Å²) < 4.78 is 4.74. The van der Waals surface area contributed by atoms with Crippen molar-refractivity contribution in [3.05, 3.63) is 34.9 Å². The molecule has 0 fully saturated rings. The van der Waals surface area contributed by atoms with Gasteiger partial charge in [0.2, 0.25) is 11.8 Å². The maximum Gasteiger partial charge on any atom is 0.247 e. The van der Waals surface area contributed by atoms with Crippen molar-refractivity contribution in [2.75, 3.05) is 10.2 Å². The molecule has 11 nitrogen and oxygen atoms in total. The average Bonchev–Trinajstić information content (AvgIpc) is 3.45. The van der Waals surface area contributed by atoms with Crippen LogP contribution in [0.3, 0.4) is 0 Å². The van der Waals surface area contributed by atoms with E-state index >= 15 is 0 Å². The van der Waals surface area contributed by atoms with Crippen molar-refractivity contribution in [1.82, 2.24) is 29.3 Å². The normalized spacial score (nSPS) is 13.8. The molecule has 1 unspecified atom stereocenters. The number of rotatable bonds is 5. The largest absolute Gasteiger partial charge is 0.322 e. The molecule has 0 saturated heterocycles. The molecule has 0 bridgehead atoms. The lowest BCUT2D eigenvalue weighted by Crippen LogP contribution is -2.46. The van der Waals surface area contributed by atoms with Crippen molar-refractivity contribution in [3.8, 4) is 11.9 Å². The topological polar surface area (TPSA) is 127 Å². The van der Waals surface area contributed by atoms with E-state index in [0.717, 1.165) is 31.5 Å². The third-order valence-corrected chi connectivity index (χ3v) is 5.77. The number of amides is 2. The summed E-state index contributed by atoms with van der Waals surface area (Å²) in [6, 6.07) is 1.10.